The van der Waals surface area contributed by atoms with Crippen molar-refractivity contribution in [3.8, 4) is 0 Å². The first-order chi connectivity index (χ1) is 8.49. The van der Waals surface area contributed by atoms with E-state index in [1.165, 1.54) is 6.20 Å². The molecule has 1 aromatic heterocycles. The molecule has 0 radical (unpaired) electrons. The predicted octanol–water partition coefficient (Wildman–Crippen LogP) is 1.92. The Labute approximate surface area is 118 Å². The molecule has 0 spiro atoms. The third-order valence-corrected chi connectivity index (χ3v) is 4.40. The van der Waals surface area contributed by atoms with Gasteiger partial charge in [0.1, 0.15) is 20.4 Å². The number of aliphatic hydroxyl groups is 1. The Hall–Kier alpha value is -0.990. The molecule has 1 rings (SSSR count). The summed E-state index contributed by atoms with van der Waals surface area (Å²) in [5, 5.41) is 10.2. The molecule has 0 unspecified atom stereocenters. The molecule has 2 N–H and O–H groups in total. The van der Waals surface area contributed by atoms with Crippen LogP contribution in [0.15, 0.2) is 10.4 Å². The zero-order chi connectivity index (χ0) is 14.8. The van der Waals surface area contributed by atoms with Gasteiger partial charge >= 0.3 is 6.09 Å². The molecule has 0 aromatic carbocycles. The zero-order valence-electron chi connectivity index (χ0n) is 11.5. The Morgan fingerprint density at radius 1 is 1.42 bits per heavy atom. The second kappa shape index (κ2) is 5.56. The number of ether oxygens (including phenoxy) is 1. The molecular weight excluding hydrogens is 288 g/mol. The molecule has 0 aliphatic carbocycles. The SMILES string of the molecule is CC(C)(C)OC(=O)N[S@@](=O)c1cnc(C(C)(C)O)s1. The number of hydrogen-bond donors (Lipinski definition) is 2. The number of nitrogens with one attached hydrogen (secondary N) is 1. The molecule has 1 aromatic rings. The maximum atomic E-state index is 11.9. The third-order valence-electron chi connectivity index (χ3n) is 1.77. The normalized spacial score (nSPS) is 14.0. The Bertz CT molecular complexity index is 486. The van der Waals surface area contributed by atoms with Crippen LogP contribution in [-0.4, -0.2) is 26.0 Å². The van der Waals surface area contributed by atoms with Gasteiger partial charge in [-0.15, -0.1) is 11.3 Å². The highest BCUT2D eigenvalue weighted by atomic mass is 32.2. The molecule has 0 bridgehead atoms. The molecule has 0 saturated heterocycles. The molecule has 8 heteroatoms. The fraction of sp³-hybridized carbons (Fsp3) is 0.636. The summed E-state index contributed by atoms with van der Waals surface area (Å²) >= 11 is 1.08. The Kier molecular flexibility index (Phi) is 4.70. The van der Waals surface area contributed by atoms with Gasteiger partial charge in [0, 0.05) is 0 Å². The highest BCUT2D eigenvalue weighted by molar-refractivity contribution is 7.86. The van der Waals surface area contributed by atoms with Crippen LogP contribution in [-0.2, 0) is 21.3 Å². The van der Waals surface area contributed by atoms with E-state index >= 15 is 0 Å². The summed E-state index contributed by atoms with van der Waals surface area (Å²) < 4.78 is 19.4. The van der Waals surface area contributed by atoms with Crippen LogP contribution in [0, 0.1) is 0 Å². The van der Waals surface area contributed by atoms with Crippen LogP contribution in [0.1, 0.15) is 39.6 Å². The van der Waals surface area contributed by atoms with E-state index in [-0.39, 0.29) is 0 Å². The quantitative estimate of drug-likeness (QED) is 0.890. The minimum Gasteiger partial charge on any atom is -0.443 e. The topological polar surface area (TPSA) is 88.5 Å². The van der Waals surface area contributed by atoms with Gasteiger partial charge in [-0.1, -0.05) is 0 Å². The summed E-state index contributed by atoms with van der Waals surface area (Å²) in [6.07, 6.45) is 0.606. The molecule has 6 nitrogen and oxygen atoms in total. The van der Waals surface area contributed by atoms with E-state index in [1.807, 2.05) is 0 Å². The monoisotopic (exact) mass is 306 g/mol. The summed E-state index contributed by atoms with van der Waals surface area (Å²) in [6, 6.07) is 0. The molecule has 1 atom stereocenters. The molecule has 0 aliphatic rings. The maximum absolute atomic E-state index is 11.9. The minimum atomic E-state index is -1.74. The van der Waals surface area contributed by atoms with Crippen LogP contribution < -0.4 is 4.72 Å². The highest BCUT2D eigenvalue weighted by Crippen LogP contribution is 2.26. The number of amides is 1. The number of thiazole rings is 1. The van der Waals surface area contributed by atoms with E-state index in [9.17, 15) is 14.1 Å². The van der Waals surface area contributed by atoms with Crippen LogP contribution in [0.3, 0.4) is 0 Å². The van der Waals surface area contributed by atoms with Crippen LogP contribution in [0.5, 0.6) is 0 Å². The lowest BCUT2D eigenvalue weighted by Gasteiger charge is -2.19. The van der Waals surface area contributed by atoms with Crippen molar-refractivity contribution in [1.29, 1.82) is 0 Å². The summed E-state index contributed by atoms with van der Waals surface area (Å²) in [4.78, 5) is 15.4. The van der Waals surface area contributed by atoms with E-state index in [4.69, 9.17) is 4.74 Å². The van der Waals surface area contributed by atoms with E-state index in [0.717, 1.165) is 11.3 Å². The zero-order valence-corrected chi connectivity index (χ0v) is 13.1. The smallest absolute Gasteiger partial charge is 0.419 e. The average molecular weight is 306 g/mol. The second-order valence-corrected chi connectivity index (χ2v) is 7.89. The first-order valence-electron chi connectivity index (χ1n) is 5.59. The van der Waals surface area contributed by atoms with E-state index in [0.29, 0.717) is 9.22 Å². The Morgan fingerprint density at radius 3 is 2.42 bits per heavy atom. The predicted molar refractivity (Wildman–Crippen MR) is 73.1 cm³/mol. The number of rotatable bonds is 3. The molecule has 1 amide bonds. The first kappa shape index (κ1) is 16.1. The standard InChI is InChI=1S/C11H18N2O4S2/c1-10(2,3)17-9(14)13-19(16)7-6-12-8(18-7)11(4,5)15/h6,15H,1-5H3,(H,13,14)/t19-/m0/s1. The second-order valence-electron chi connectivity index (χ2n) is 5.42. The molecule has 0 aliphatic heterocycles. The van der Waals surface area contributed by atoms with Gasteiger partial charge in [-0.25, -0.2) is 18.7 Å². The molecule has 0 fully saturated rings. The lowest BCUT2D eigenvalue weighted by Crippen LogP contribution is -2.33. The number of carbonyl (C=O) groups is 1. The van der Waals surface area contributed by atoms with Crippen molar-refractivity contribution in [3.05, 3.63) is 11.2 Å². The van der Waals surface area contributed by atoms with Crippen molar-refractivity contribution in [2.24, 2.45) is 0 Å². The van der Waals surface area contributed by atoms with Crippen molar-refractivity contribution in [3.63, 3.8) is 0 Å². The van der Waals surface area contributed by atoms with Crippen molar-refractivity contribution in [2.45, 2.75) is 50.0 Å². The molecular formula is C11H18N2O4S2. The lowest BCUT2D eigenvalue weighted by atomic mass is 10.2. The molecule has 0 saturated carbocycles. The van der Waals surface area contributed by atoms with Gasteiger partial charge in [-0.05, 0) is 34.6 Å². The summed E-state index contributed by atoms with van der Waals surface area (Å²) in [5.41, 5.74) is -1.75. The highest BCUT2D eigenvalue weighted by Gasteiger charge is 2.23. The Balaban J connectivity index is 2.69. The minimum absolute atomic E-state index is 0.350. The van der Waals surface area contributed by atoms with Gasteiger partial charge in [-0.3, -0.25) is 0 Å². The van der Waals surface area contributed by atoms with Crippen molar-refractivity contribution in [1.82, 2.24) is 9.71 Å². The van der Waals surface area contributed by atoms with Gasteiger partial charge in [-0.2, -0.15) is 0 Å². The van der Waals surface area contributed by atoms with Crippen LogP contribution in [0.25, 0.3) is 0 Å². The maximum Gasteiger partial charge on any atom is 0.419 e. The molecule has 108 valence electrons. The average Bonchev–Trinajstić information content (AvgIpc) is 2.61. The first-order valence-corrected chi connectivity index (χ1v) is 7.56. The van der Waals surface area contributed by atoms with Crippen molar-refractivity contribution >= 4 is 28.4 Å². The number of aromatic nitrogens is 1. The summed E-state index contributed by atoms with van der Waals surface area (Å²) in [5.74, 6) is 0. The van der Waals surface area contributed by atoms with Gasteiger partial charge in [0.25, 0.3) is 0 Å². The summed E-state index contributed by atoms with van der Waals surface area (Å²) in [7, 11) is -1.74. The number of carbonyl (C=O) groups excluding carboxylic acids is 1. The number of hydrogen-bond acceptors (Lipinski definition) is 6. The fourth-order valence-corrected chi connectivity index (χ4v) is 2.81. The number of nitrogens with zero attached hydrogens (tertiary/aromatic N) is 1. The van der Waals surface area contributed by atoms with Crippen molar-refractivity contribution < 1.29 is 18.8 Å². The van der Waals surface area contributed by atoms with Crippen LogP contribution >= 0.6 is 11.3 Å². The Morgan fingerprint density at radius 2 is 2.00 bits per heavy atom. The van der Waals surface area contributed by atoms with Crippen LogP contribution in [0.2, 0.25) is 0 Å². The van der Waals surface area contributed by atoms with E-state index < -0.39 is 28.3 Å². The van der Waals surface area contributed by atoms with Gasteiger partial charge in [0.2, 0.25) is 0 Å². The van der Waals surface area contributed by atoms with Crippen LogP contribution in [0.4, 0.5) is 4.79 Å². The largest absolute Gasteiger partial charge is 0.443 e. The van der Waals surface area contributed by atoms with Gasteiger partial charge in [0.15, 0.2) is 11.0 Å². The third kappa shape index (κ3) is 5.25. The fourth-order valence-electron chi connectivity index (χ4n) is 1.05. The van der Waals surface area contributed by atoms with Gasteiger partial charge < -0.3 is 9.84 Å². The lowest BCUT2D eigenvalue weighted by molar-refractivity contribution is 0.0572. The summed E-state index contributed by atoms with van der Waals surface area (Å²) in [6.45, 7) is 8.32. The molecule has 19 heavy (non-hydrogen) atoms. The van der Waals surface area contributed by atoms with E-state index in [2.05, 4.69) is 9.71 Å². The van der Waals surface area contributed by atoms with Crippen molar-refractivity contribution in [2.75, 3.05) is 0 Å². The van der Waals surface area contributed by atoms with E-state index in [1.54, 1.807) is 34.6 Å². The molecule has 1 heterocycles. The van der Waals surface area contributed by atoms with Gasteiger partial charge in [0.05, 0.1) is 6.20 Å².